The van der Waals surface area contributed by atoms with Gasteiger partial charge in [0.1, 0.15) is 5.75 Å². The van der Waals surface area contributed by atoms with E-state index >= 15 is 0 Å². The predicted octanol–water partition coefficient (Wildman–Crippen LogP) is 2.83. The van der Waals surface area contributed by atoms with Crippen LogP contribution in [0.25, 0.3) is 0 Å². The van der Waals surface area contributed by atoms with Gasteiger partial charge in [-0.2, -0.15) is 0 Å². The minimum absolute atomic E-state index is 0.546. The van der Waals surface area contributed by atoms with Gasteiger partial charge in [-0.3, -0.25) is 0 Å². The molecule has 0 saturated carbocycles. The zero-order chi connectivity index (χ0) is 10.8. The van der Waals surface area contributed by atoms with Crippen LogP contribution in [-0.2, 0) is 6.42 Å². The number of hydrogen-bond acceptors (Lipinski definition) is 2. The van der Waals surface area contributed by atoms with Crippen molar-refractivity contribution >= 4 is 0 Å². The van der Waals surface area contributed by atoms with E-state index in [1.807, 2.05) is 0 Å². The molecule has 1 atom stereocenters. The molecule has 1 fully saturated rings. The summed E-state index contributed by atoms with van der Waals surface area (Å²) < 4.78 is 5.73. The number of nitrogens with one attached hydrogen (secondary N) is 1. The first-order chi connectivity index (χ1) is 7.93. The maximum atomic E-state index is 5.73. The van der Waals surface area contributed by atoms with Gasteiger partial charge in [0.15, 0.2) is 0 Å². The van der Waals surface area contributed by atoms with E-state index in [0.29, 0.717) is 6.04 Å². The van der Waals surface area contributed by atoms with E-state index < -0.39 is 0 Å². The van der Waals surface area contributed by atoms with Gasteiger partial charge in [0.25, 0.3) is 0 Å². The molecule has 1 unspecified atom stereocenters. The summed E-state index contributed by atoms with van der Waals surface area (Å²) in [5.41, 5.74) is 2.78. The first kappa shape index (κ1) is 10.2. The van der Waals surface area contributed by atoms with Crippen LogP contribution in [0.3, 0.4) is 0 Å². The fourth-order valence-electron chi connectivity index (χ4n) is 2.71. The Kier molecular flexibility index (Phi) is 2.83. The Bertz CT molecular complexity index is 369. The first-order valence-corrected chi connectivity index (χ1v) is 6.42. The second-order valence-electron chi connectivity index (χ2n) is 4.82. The topological polar surface area (TPSA) is 21.3 Å². The van der Waals surface area contributed by atoms with Crippen LogP contribution in [0.4, 0.5) is 0 Å². The minimum Gasteiger partial charge on any atom is -0.493 e. The zero-order valence-electron chi connectivity index (χ0n) is 9.67. The smallest absolute Gasteiger partial charge is 0.122 e. The van der Waals surface area contributed by atoms with Crippen LogP contribution < -0.4 is 10.1 Å². The Morgan fingerprint density at radius 3 is 3.06 bits per heavy atom. The van der Waals surface area contributed by atoms with Crippen LogP contribution in [0.15, 0.2) is 18.2 Å². The molecule has 2 nitrogen and oxygen atoms in total. The number of rotatable bonds is 1. The molecule has 2 aliphatic rings. The Hall–Kier alpha value is -1.02. The predicted molar refractivity (Wildman–Crippen MR) is 64.9 cm³/mol. The van der Waals surface area contributed by atoms with Gasteiger partial charge in [0.2, 0.25) is 0 Å². The third-order valence-corrected chi connectivity index (χ3v) is 3.65. The average Bonchev–Trinajstić information content (AvgIpc) is 2.39. The van der Waals surface area contributed by atoms with Crippen LogP contribution >= 0.6 is 0 Å². The van der Waals surface area contributed by atoms with Gasteiger partial charge in [0, 0.05) is 6.04 Å². The highest BCUT2D eigenvalue weighted by molar-refractivity contribution is 5.40. The second-order valence-corrected chi connectivity index (χ2v) is 4.82. The molecule has 0 bridgehead atoms. The number of benzene rings is 1. The van der Waals surface area contributed by atoms with Crippen molar-refractivity contribution in [1.29, 1.82) is 0 Å². The third kappa shape index (κ3) is 1.94. The summed E-state index contributed by atoms with van der Waals surface area (Å²) >= 11 is 0. The summed E-state index contributed by atoms with van der Waals surface area (Å²) in [6.45, 7) is 2.04. The average molecular weight is 217 g/mol. The fourth-order valence-corrected chi connectivity index (χ4v) is 2.71. The van der Waals surface area contributed by atoms with Crippen LogP contribution in [-0.4, -0.2) is 13.2 Å². The summed E-state index contributed by atoms with van der Waals surface area (Å²) in [7, 11) is 0. The molecule has 1 aromatic rings. The molecule has 0 spiro atoms. The van der Waals surface area contributed by atoms with Gasteiger partial charge in [0.05, 0.1) is 6.61 Å². The lowest BCUT2D eigenvalue weighted by molar-refractivity contribution is 0.287. The molecular weight excluding hydrogens is 198 g/mol. The van der Waals surface area contributed by atoms with Gasteiger partial charge >= 0.3 is 0 Å². The Balaban J connectivity index is 1.84. The molecule has 2 heterocycles. The van der Waals surface area contributed by atoms with Crippen molar-refractivity contribution in [3.63, 3.8) is 0 Å². The van der Waals surface area contributed by atoms with Crippen LogP contribution in [0, 0.1) is 0 Å². The van der Waals surface area contributed by atoms with Crippen LogP contribution in [0.2, 0.25) is 0 Å². The molecule has 1 N–H and O–H groups in total. The van der Waals surface area contributed by atoms with E-state index in [1.165, 1.54) is 36.8 Å². The van der Waals surface area contributed by atoms with Crippen molar-refractivity contribution in [2.75, 3.05) is 13.2 Å². The summed E-state index contributed by atoms with van der Waals surface area (Å²) in [4.78, 5) is 0. The van der Waals surface area contributed by atoms with Crippen molar-refractivity contribution in [3.8, 4) is 5.75 Å². The molecule has 2 aliphatic heterocycles. The van der Waals surface area contributed by atoms with Gasteiger partial charge in [-0.15, -0.1) is 0 Å². The molecule has 3 rings (SSSR count). The zero-order valence-corrected chi connectivity index (χ0v) is 9.67. The highest BCUT2D eigenvalue weighted by atomic mass is 16.5. The summed E-state index contributed by atoms with van der Waals surface area (Å²) in [6.07, 6.45) is 6.26. The van der Waals surface area contributed by atoms with Crippen molar-refractivity contribution in [2.45, 2.75) is 38.1 Å². The Labute approximate surface area is 97.0 Å². The standard InChI is InChI=1S/C14H19NO/c1-2-8-15-13(5-1)12-7-6-11-4-3-9-16-14(11)10-12/h6-7,10,13,15H,1-5,8-9H2. The van der Waals surface area contributed by atoms with E-state index in [-0.39, 0.29) is 0 Å². The summed E-state index contributed by atoms with van der Waals surface area (Å²) in [5.74, 6) is 1.12. The monoisotopic (exact) mass is 217 g/mol. The van der Waals surface area contributed by atoms with Gasteiger partial charge in [-0.05, 0) is 49.4 Å². The number of fused-ring (bicyclic) bond motifs is 1. The second kappa shape index (κ2) is 4.46. The van der Waals surface area contributed by atoms with E-state index in [4.69, 9.17) is 4.74 Å². The lowest BCUT2D eigenvalue weighted by Gasteiger charge is -2.25. The molecule has 0 aliphatic carbocycles. The van der Waals surface area contributed by atoms with Crippen LogP contribution in [0.1, 0.15) is 42.9 Å². The lowest BCUT2D eigenvalue weighted by atomic mass is 9.95. The van der Waals surface area contributed by atoms with E-state index in [0.717, 1.165) is 25.3 Å². The molecule has 0 aromatic heterocycles. The van der Waals surface area contributed by atoms with Crippen molar-refractivity contribution < 1.29 is 4.74 Å². The molecule has 2 heteroatoms. The fraction of sp³-hybridized carbons (Fsp3) is 0.571. The van der Waals surface area contributed by atoms with Crippen molar-refractivity contribution in [1.82, 2.24) is 5.32 Å². The first-order valence-electron chi connectivity index (χ1n) is 6.42. The molecule has 86 valence electrons. The van der Waals surface area contributed by atoms with Gasteiger partial charge in [-0.25, -0.2) is 0 Å². The third-order valence-electron chi connectivity index (χ3n) is 3.65. The van der Waals surface area contributed by atoms with Crippen LogP contribution in [0.5, 0.6) is 5.75 Å². The molecule has 16 heavy (non-hydrogen) atoms. The minimum atomic E-state index is 0.546. The quantitative estimate of drug-likeness (QED) is 0.781. The molecule has 0 amide bonds. The Morgan fingerprint density at radius 2 is 2.19 bits per heavy atom. The summed E-state index contributed by atoms with van der Waals surface area (Å²) in [6, 6.07) is 7.32. The number of ether oxygens (including phenoxy) is 1. The Morgan fingerprint density at radius 1 is 1.19 bits per heavy atom. The van der Waals surface area contributed by atoms with Gasteiger partial charge < -0.3 is 10.1 Å². The number of piperidine rings is 1. The van der Waals surface area contributed by atoms with E-state index in [1.54, 1.807) is 0 Å². The van der Waals surface area contributed by atoms with Gasteiger partial charge in [-0.1, -0.05) is 18.6 Å². The largest absolute Gasteiger partial charge is 0.493 e. The lowest BCUT2D eigenvalue weighted by Crippen LogP contribution is -2.26. The molecule has 0 radical (unpaired) electrons. The van der Waals surface area contributed by atoms with E-state index in [2.05, 4.69) is 23.5 Å². The SMILES string of the molecule is c1cc2c(cc1C1CCCCN1)OCCC2. The van der Waals surface area contributed by atoms with E-state index in [9.17, 15) is 0 Å². The highest BCUT2D eigenvalue weighted by Gasteiger charge is 2.17. The number of aryl methyl sites for hydroxylation is 1. The summed E-state index contributed by atoms with van der Waals surface area (Å²) in [5, 5.41) is 3.59. The van der Waals surface area contributed by atoms with Crippen molar-refractivity contribution in [3.05, 3.63) is 29.3 Å². The molecular formula is C14H19NO. The normalized spacial score (nSPS) is 24.6. The molecule has 1 aromatic carbocycles. The maximum Gasteiger partial charge on any atom is 0.122 e. The maximum absolute atomic E-state index is 5.73. The van der Waals surface area contributed by atoms with Crippen molar-refractivity contribution in [2.24, 2.45) is 0 Å². The highest BCUT2D eigenvalue weighted by Crippen LogP contribution is 2.30. The number of hydrogen-bond donors (Lipinski definition) is 1. The molecule has 1 saturated heterocycles.